The largest absolute Gasteiger partial charge is 0.103 e. The van der Waals surface area contributed by atoms with E-state index in [1.165, 1.54) is 10.5 Å². The van der Waals surface area contributed by atoms with E-state index < -0.39 is 0 Å². The Kier molecular flexibility index (Phi) is 4.60. The van der Waals surface area contributed by atoms with E-state index in [4.69, 9.17) is 0 Å². The van der Waals surface area contributed by atoms with Crippen LogP contribution in [0.2, 0.25) is 0 Å². The fourth-order valence-electron chi connectivity index (χ4n) is 0.288. The molecule has 0 rings (SSSR count). The minimum atomic E-state index is 1.40. The SMILES string of the molecule is CC=CSC(C)=C(C)C. The van der Waals surface area contributed by atoms with Crippen molar-refractivity contribution in [1.82, 2.24) is 0 Å². The van der Waals surface area contributed by atoms with Crippen LogP contribution in [-0.4, -0.2) is 0 Å². The highest BCUT2D eigenvalue weighted by Crippen LogP contribution is 2.19. The van der Waals surface area contributed by atoms with Crippen molar-refractivity contribution in [1.29, 1.82) is 0 Å². The third-order valence-electron chi connectivity index (χ3n) is 1.09. The zero-order valence-electron chi connectivity index (χ0n) is 6.56. The maximum atomic E-state index is 2.14. The van der Waals surface area contributed by atoms with Crippen LogP contribution in [0, 0.1) is 0 Å². The Hall–Kier alpha value is -0.170. The molecule has 0 radical (unpaired) electrons. The Morgan fingerprint density at radius 1 is 1.22 bits per heavy atom. The molecular formula is C8H14S. The van der Waals surface area contributed by atoms with E-state index >= 15 is 0 Å². The Bertz CT molecular complexity index is 128. The molecule has 0 aliphatic rings. The summed E-state index contributed by atoms with van der Waals surface area (Å²) in [6, 6.07) is 0. The topological polar surface area (TPSA) is 0 Å². The van der Waals surface area contributed by atoms with Crippen molar-refractivity contribution >= 4 is 11.8 Å². The van der Waals surface area contributed by atoms with Gasteiger partial charge in [0.2, 0.25) is 0 Å². The molecule has 0 bridgehead atoms. The van der Waals surface area contributed by atoms with Crippen LogP contribution in [0.1, 0.15) is 27.7 Å². The van der Waals surface area contributed by atoms with E-state index in [0.717, 1.165) is 0 Å². The van der Waals surface area contributed by atoms with E-state index in [0.29, 0.717) is 0 Å². The molecule has 0 nitrogen and oxygen atoms in total. The van der Waals surface area contributed by atoms with Crippen molar-refractivity contribution < 1.29 is 0 Å². The first-order chi connectivity index (χ1) is 4.18. The highest BCUT2D eigenvalue weighted by atomic mass is 32.2. The summed E-state index contributed by atoms with van der Waals surface area (Å²) >= 11 is 1.78. The van der Waals surface area contributed by atoms with E-state index in [1.54, 1.807) is 11.8 Å². The molecule has 9 heavy (non-hydrogen) atoms. The zero-order valence-corrected chi connectivity index (χ0v) is 7.38. The number of rotatable bonds is 2. The minimum absolute atomic E-state index is 1.40. The molecule has 0 aromatic rings. The van der Waals surface area contributed by atoms with Gasteiger partial charge in [0.15, 0.2) is 0 Å². The normalized spacial score (nSPS) is 10.2. The van der Waals surface area contributed by atoms with Crippen molar-refractivity contribution in [3.63, 3.8) is 0 Å². The molecule has 0 amide bonds. The average molecular weight is 142 g/mol. The second kappa shape index (κ2) is 4.68. The first kappa shape index (κ1) is 8.83. The average Bonchev–Trinajstić information content (AvgIpc) is 1.82. The van der Waals surface area contributed by atoms with Gasteiger partial charge in [-0.15, -0.1) is 11.8 Å². The predicted molar refractivity (Wildman–Crippen MR) is 46.5 cm³/mol. The lowest BCUT2D eigenvalue weighted by molar-refractivity contribution is 1.35. The van der Waals surface area contributed by atoms with Crippen molar-refractivity contribution in [2.24, 2.45) is 0 Å². The van der Waals surface area contributed by atoms with Crippen molar-refractivity contribution in [2.75, 3.05) is 0 Å². The molecule has 0 fully saturated rings. The van der Waals surface area contributed by atoms with Crippen LogP contribution in [0.15, 0.2) is 22.0 Å². The molecule has 0 N–H and O–H groups in total. The van der Waals surface area contributed by atoms with Crippen molar-refractivity contribution in [3.8, 4) is 0 Å². The number of hydrogen-bond donors (Lipinski definition) is 0. The Labute approximate surface area is 62.0 Å². The summed E-state index contributed by atoms with van der Waals surface area (Å²) in [7, 11) is 0. The van der Waals surface area contributed by atoms with Gasteiger partial charge in [-0.3, -0.25) is 0 Å². The van der Waals surface area contributed by atoms with Gasteiger partial charge in [0.05, 0.1) is 0 Å². The van der Waals surface area contributed by atoms with Crippen LogP contribution in [0.5, 0.6) is 0 Å². The second-order valence-electron chi connectivity index (χ2n) is 2.14. The predicted octanol–water partition coefficient (Wildman–Crippen LogP) is 3.57. The van der Waals surface area contributed by atoms with Crippen LogP contribution in [0.25, 0.3) is 0 Å². The lowest BCUT2D eigenvalue weighted by atomic mass is 10.3. The van der Waals surface area contributed by atoms with Gasteiger partial charge in [0.1, 0.15) is 0 Å². The first-order valence-corrected chi connectivity index (χ1v) is 3.98. The van der Waals surface area contributed by atoms with Crippen molar-refractivity contribution in [3.05, 3.63) is 22.0 Å². The van der Waals surface area contributed by atoms with Crippen LogP contribution >= 0.6 is 11.8 Å². The summed E-state index contributed by atoms with van der Waals surface area (Å²) in [6.07, 6.45) is 2.05. The second-order valence-corrected chi connectivity index (χ2v) is 3.26. The van der Waals surface area contributed by atoms with Gasteiger partial charge in [0, 0.05) is 0 Å². The summed E-state index contributed by atoms with van der Waals surface area (Å²) in [4.78, 5) is 1.40. The van der Waals surface area contributed by atoms with Crippen LogP contribution < -0.4 is 0 Å². The highest BCUT2D eigenvalue weighted by Gasteiger charge is 1.86. The van der Waals surface area contributed by atoms with Gasteiger partial charge in [-0.1, -0.05) is 11.6 Å². The van der Waals surface area contributed by atoms with Crippen LogP contribution in [-0.2, 0) is 0 Å². The third-order valence-corrected chi connectivity index (χ3v) is 2.26. The number of hydrogen-bond acceptors (Lipinski definition) is 1. The highest BCUT2D eigenvalue weighted by molar-refractivity contribution is 8.05. The van der Waals surface area contributed by atoms with Gasteiger partial charge >= 0.3 is 0 Å². The smallest absolute Gasteiger partial charge is 0.0153 e. The summed E-state index contributed by atoms with van der Waals surface area (Å²) in [6.45, 7) is 8.43. The number of thioether (sulfide) groups is 1. The molecule has 0 aliphatic heterocycles. The van der Waals surface area contributed by atoms with E-state index in [-0.39, 0.29) is 0 Å². The van der Waals surface area contributed by atoms with Gasteiger partial charge in [-0.2, -0.15) is 0 Å². The van der Waals surface area contributed by atoms with Gasteiger partial charge in [-0.05, 0) is 38.0 Å². The fraction of sp³-hybridized carbons (Fsp3) is 0.500. The molecule has 0 spiro atoms. The summed E-state index contributed by atoms with van der Waals surface area (Å²) in [5.74, 6) is 0. The van der Waals surface area contributed by atoms with Crippen LogP contribution in [0.4, 0.5) is 0 Å². The molecule has 52 valence electrons. The molecule has 0 aromatic heterocycles. The molecule has 0 heterocycles. The maximum absolute atomic E-state index is 2.14. The Morgan fingerprint density at radius 3 is 2.11 bits per heavy atom. The molecule has 0 atom stereocenters. The van der Waals surface area contributed by atoms with Crippen LogP contribution in [0.3, 0.4) is 0 Å². The maximum Gasteiger partial charge on any atom is -0.0153 e. The fourth-order valence-corrected chi connectivity index (χ4v) is 0.864. The quantitative estimate of drug-likeness (QED) is 0.568. The molecule has 0 saturated heterocycles. The lowest BCUT2D eigenvalue weighted by Crippen LogP contribution is -1.68. The molecule has 0 aromatic carbocycles. The lowest BCUT2D eigenvalue weighted by Gasteiger charge is -1.95. The standard InChI is InChI=1S/C8H14S/c1-5-6-9-8(4)7(2)3/h5-6H,1-4H3. The summed E-state index contributed by atoms with van der Waals surface area (Å²) in [5, 5.41) is 2.10. The van der Waals surface area contributed by atoms with Gasteiger partial charge in [0.25, 0.3) is 0 Å². The molecule has 0 unspecified atom stereocenters. The number of allylic oxidation sites excluding steroid dienone is 3. The van der Waals surface area contributed by atoms with E-state index in [1.807, 2.05) is 6.92 Å². The monoisotopic (exact) mass is 142 g/mol. The summed E-state index contributed by atoms with van der Waals surface area (Å²) < 4.78 is 0. The van der Waals surface area contributed by atoms with Crippen molar-refractivity contribution in [2.45, 2.75) is 27.7 Å². The first-order valence-electron chi connectivity index (χ1n) is 3.10. The van der Waals surface area contributed by atoms with Gasteiger partial charge < -0.3 is 0 Å². The van der Waals surface area contributed by atoms with Gasteiger partial charge in [-0.25, -0.2) is 0 Å². The minimum Gasteiger partial charge on any atom is -0.103 e. The van der Waals surface area contributed by atoms with E-state index in [9.17, 15) is 0 Å². The Morgan fingerprint density at radius 2 is 1.78 bits per heavy atom. The zero-order chi connectivity index (χ0) is 7.28. The Balaban J connectivity index is 3.77. The molecule has 1 heteroatoms. The molecule has 0 aliphatic carbocycles. The van der Waals surface area contributed by atoms with E-state index in [2.05, 4.69) is 32.3 Å². The summed E-state index contributed by atoms with van der Waals surface area (Å²) in [5.41, 5.74) is 1.40. The molecule has 0 saturated carbocycles. The molecular weight excluding hydrogens is 128 g/mol. The third kappa shape index (κ3) is 4.34.